The van der Waals surface area contributed by atoms with Crippen LogP contribution in [0.4, 0.5) is 0 Å². The van der Waals surface area contributed by atoms with Crippen molar-refractivity contribution in [2.24, 2.45) is 5.92 Å². The lowest BCUT2D eigenvalue weighted by molar-refractivity contribution is -0.161. The average molecular weight is 1610 g/mol. The Labute approximate surface area is 677 Å². The lowest BCUT2D eigenvalue weighted by Crippen LogP contribution is -2.30. The van der Waals surface area contributed by atoms with Gasteiger partial charge in [-0.15, -0.1) is 0 Å². The zero-order chi connectivity index (χ0) is 80.4. The van der Waals surface area contributed by atoms with Crippen LogP contribution in [0.15, 0.2) is 0 Å². The summed E-state index contributed by atoms with van der Waals surface area (Å²) in [7, 11) is -9.93. The summed E-state index contributed by atoms with van der Waals surface area (Å²) in [6.45, 7) is 7.41. The number of phosphoric acid groups is 2. The highest BCUT2D eigenvalue weighted by molar-refractivity contribution is 7.47. The van der Waals surface area contributed by atoms with Gasteiger partial charge in [0.1, 0.15) is 19.3 Å². The summed E-state index contributed by atoms with van der Waals surface area (Å²) >= 11 is 0. The van der Waals surface area contributed by atoms with Crippen molar-refractivity contribution in [1.29, 1.82) is 0 Å². The number of phosphoric ester groups is 2. The largest absolute Gasteiger partial charge is 0.472 e. The number of esters is 4. The van der Waals surface area contributed by atoms with Crippen LogP contribution in [0.1, 0.15) is 497 Å². The minimum Gasteiger partial charge on any atom is -0.462 e. The first kappa shape index (κ1) is 108. The Kier molecular flexibility index (Phi) is 82.1. The molecule has 17 nitrogen and oxygen atoms in total. The highest BCUT2D eigenvalue weighted by Gasteiger charge is 2.31. The Balaban J connectivity index is 5.21. The zero-order valence-electron chi connectivity index (χ0n) is 72.4. The van der Waals surface area contributed by atoms with Crippen molar-refractivity contribution in [2.75, 3.05) is 39.6 Å². The number of carbonyl (C=O) groups excluding carboxylic acids is 4. The van der Waals surface area contributed by atoms with Gasteiger partial charge in [0.2, 0.25) is 0 Å². The maximum absolute atomic E-state index is 13.2. The quantitative estimate of drug-likeness (QED) is 0.0222. The van der Waals surface area contributed by atoms with Crippen molar-refractivity contribution in [3.8, 4) is 0 Å². The van der Waals surface area contributed by atoms with Crippen LogP contribution in [0.3, 0.4) is 0 Å². The minimum absolute atomic E-state index is 0.109. The number of unbranched alkanes of at least 4 members (excludes halogenated alkanes) is 63. The van der Waals surface area contributed by atoms with Gasteiger partial charge in [-0.2, -0.15) is 0 Å². The molecule has 0 aliphatic carbocycles. The summed E-state index contributed by atoms with van der Waals surface area (Å²) in [6.07, 6.45) is 79.3. The summed E-state index contributed by atoms with van der Waals surface area (Å²) < 4.78 is 69.0. The topological polar surface area (TPSA) is 237 Å². The first-order chi connectivity index (χ1) is 53.5. The third-order valence-corrected chi connectivity index (χ3v) is 23.4. The van der Waals surface area contributed by atoms with Crippen molar-refractivity contribution in [3.63, 3.8) is 0 Å². The van der Waals surface area contributed by atoms with E-state index in [1.165, 1.54) is 321 Å². The van der Waals surface area contributed by atoms with Crippen molar-refractivity contribution in [1.82, 2.24) is 0 Å². The van der Waals surface area contributed by atoms with Crippen molar-refractivity contribution in [2.45, 2.75) is 515 Å². The molecule has 0 spiro atoms. The van der Waals surface area contributed by atoms with E-state index in [2.05, 4.69) is 34.6 Å². The molecular weight excluding hydrogens is 1430 g/mol. The molecule has 0 radical (unpaired) electrons. The van der Waals surface area contributed by atoms with Gasteiger partial charge in [0.25, 0.3) is 0 Å². The molecular formula is C91H178O17P2. The van der Waals surface area contributed by atoms with E-state index in [0.29, 0.717) is 25.7 Å². The number of rotatable bonds is 91. The molecule has 0 amide bonds. The van der Waals surface area contributed by atoms with E-state index < -0.39 is 97.5 Å². The number of hydrogen-bond donors (Lipinski definition) is 3. The number of carbonyl (C=O) groups is 4. The first-order valence-electron chi connectivity index (χ1n) is 47.1. The lowest BCUT2D eigenvalue weighted by atomic mass is 10.0. The van der Waals surface area contributed by atoms with E-state index in [-0.39, 0.29) is 25.7 Å². The van der Waals surface area contributed by atoms with Gasteiger partial charge in [-0.1, -0.05) is 446 Å². The molecule has 5 atom stereocenters. The van der Waals surface area contributed by atoms with Gasteiger partial charge in [-0.3, -0.25) is 37.3 Å². The number of hydrogen-bond acceptors (Lipinski definition) is 15. The fourth-order valence-electron chi connectivity index (χ4n) is 14.4. The molecule has 2 unspecified atom stereocenters. The van der Waals surface area contributed by atoms with Crippen LogP contribution < -0.4 is 0 Å². The van der Waals surface area contributed by atoms with Crippen molar-refractivity contribution in [3.05, 3.63) is 0 Å². The predicted molar refractivity (Wildman–Crippen MR) is 455 cm³/mol. The summed E-state index contributed by atoms with van der Waals surface area (Å²) in [5.74, 6) is -1.28. The summed E-state index contributed by atoms with van der Waals surface area (Å²) in [5.41, 5.74) is 0. The molecule has 0 fully saturated rings. The maximum atomic E-state index is 13.2. The third kappa shape index (κ3) is 84.0. The molecule has 0 heterocycles. The molecule has 110 heavy (non-hydrogen) atoms. The molecule has 0 rings (SSSR count). The Bertz CT molecular complexity index is 2080. The van der Waals surface area contributed by atoms with E-state index in [1.54, 1.807) is 0 Å². The van der Waals surface area contributed by atoms with E-state index in [0.717, 1.165) is 95.8 Å². The van der Waals surface area contributed by atoms with Gasteiger partial charge in [-0.25, -0.2) is 9.13 Å². The Morgan fingerprint density at radius 3 is 0.618 bits per heavy atom. The van der Waals surface area contributed by atoms with Crippen LogP contribution >= 0.6 is 15.6 Å². The highest BCUT2D eigenvalue weighted by atomic mass is 31.2. The van der Waals surface area contributed by atoms with Crippen molar-refractivity contribution < 1.29 is 80.2 Å². The fourth-order valence-corrected chi connectivity index (χ4v) is 15.9. The van der Waals surface area contributed by atoms with Gasteiger partial charge in [0, 0.05) is 25.7 Å². The van der Waals surface area contributed by atoms with E-state index in [4.69, 9.17) is 37.0 Å². The van der Waals surface area contributed by atoms with Crippen LogP contribution in [0.25, 0.3) is 0 Å². The summed E-state index contributed by atoms with van der Waals surface area (Å²) in [6, 6.07) is 0. The van der Waals surface area contributed by atoms with Gasteiger partial charge < -0.3 is 33.8 Å². The van der Waals surface area contributed by atoms with Gasteiger partial charge >= 0.3 is 39.5 Å². The van der Waals surface area contributed by atoms with Gasteiger partial charge in [0.05, 0.1) is 26.4 Å². The zero-order valence-corrected chi connectivity index (χ0v) is 74.2. The normalized spacial score (nSPS) is 13.7. The van der Waals surface area contributed by atoms with Crippen LogP contribution in [-0.2, 0) is 65.4 Å². The minimum atomic E-state index is -4.97. The Morgan fingerprint density at radius 2 is 0.418 bits per heavy atom. The predicted octanol–water partition coefficient (Wildman–Crippen LogP) is 28.3. The number of ether oxygens (including phenoxy) is 4. The summed E-state index contributed by atoms with van der Waals surface area (Å²) in [4.78, 5) is 73.4. The molecule has 0 aromatic heterocycles. The fraction of sp³-hybridized carbons (Fsp3) is 0.956. The van der Waals surface area contributed by atoms with Crippen molar-refractivity contribution >= 4 is 39.5 Å². The van der Waals surface area contributed by atoms with E-state index >= 15 is 0 Å². The Hall–Kier alpha value is -1.94. The molecule has 0 bridgehead atoms. The molecule has 0 saturated heterocycles. The lowest BCUT2D eigenvalue weighted by Gasteiger charge is -2.21. The van der Waals surface area contributed by atoms with Crippen LogP contribution in [0.5, 0.6) is 0 Å². The average Bonchev–Trinajstić information content (AvgIpc) is 0.903. The molecule has 0 aliphatic rings. The standard InChI is InChI=1S/C91H178O17P2/c1-6-9-12-15-18-21-24-26-28-30-32-34-36-38-43-47-51-56-61-66-71-76-91(96)108-87(81-102-89(94)75-70-65-60-55-50-46-42-37-35-33-31-29-27-25-22-19-16-13-10-7-2)83-106-110(99,100)104-79-85(92)78-103-109(97,98)105-82-86(80-101-88(93)74-69-64-59-54-23-20-17-14-11-8-3)107-90(95)77-72-67-62-57-52-48-44-40-39-41-45-49-53-58-63-68-73-84(4)5/h84-87,92H,6-83H2,1-5H3,(H,97,98)(H,99,100)/t85-,86+,87+/m0/s1. The molecule has 19 heteroatoms. The molecule has 0 aromatic rings. The first-order valence-corrected chi connectivity index (χ1v) is 50.1. The number of aliphatic hydroxyl groups is 1. The second-order valence-electron chi connectivity index (χ2n) is 33.2. The second kappa shape index (κ2) is 83.5. The van der Waals surface area contributed by atoms with E-state index in [9.17, 15) is 43.2 Å². The summed E-state index contributed by atoms with van der Waals surface area (Å²) in [5, 5.41) is 10.7. The third-order valence-electron chi connectivity index (χ3n) is 21.5. The SMILES string of the molecule is CCCCCCCCCCCCCCCCCCCCCCCC(=O)O[C@H](COC(=O)CCCCCCCCCCCCCCCCCCCCCC)COP(=O)(O)OC[C@@H](O)COP(=O)(O)OC[C@@H](COC(=O)CCCCCCCCCCCC)OC(=O)CCCCCCCCCCCCCCCCCCC(C)C. The van der Waals surface area contributed by atoms with E-state index in [1.807, 2.05) is 0 Å². The van der Waals surface area contributed by atoms with Crippen LogP contribution in [-0.4, -0.2) is 96.7 Å². The highest BCUT2D eigenvalue weighted by Crippen LogP contribution is 2.45. The second-order valence-corrected chi connectivity index (χ2v) is 36.1. The molecule has 0 aromatic carbocycles. The number of aliphatic hydroxyl groups excluding tert-OH is 1. The Morgan fingerprint density at radius 1 is 0.245 bits per heavy atom. The maximum Gasteiger partial charge on any atom is 0.472 e. The molecule has 3 N–H and O–H groups in total. The molecule has 0 saturated carbocycles. The smallest absolute Gasteiger partial charge is 0.462 e. The van der Waals surface area contributed by atoms with Crippen LogP contribution in [0, 0.1) is 5.92 Å². The van der Waals surface area contributed by atoms with Gasteiger partial charge in [0.15, 0.2) is 12.2 Å². The molecule has 0 aliphatic heterocycles. The molecule has 654 valence electrons. The van der Waals surface area contributed by atoms with Gasteiger partial charge in [-0.05, 0) is 31.6 Å². The van der Waals surface area contributed by atoms with Crippen LogP contribution in [0.2, 0.25) is 0 Å². The monoisotopic (exact) mass is 1610 g/mol.